The number of hydrogen-bond acceptors (Lipinski definition) is 4. The molecule has 0 aromatic heterocycles. The van der Waals surface area contributed by atoms with Crippen LogP contribution in [-0.2, 0) is 9.53 Å². The van der Waals surface area contributed by atoms with Crippen LogP contribution in [0.15, 0.2) is 0 Å². The fraction of sp³-hybridized carbons (Fsp3) is 0.923. The predicted octanol–water partition coefficient (Wildman–Crippen LogP) is 0.467. The zero-order chi connectivity index (χ0) is 13.1. The number of likely N-dealkylation sites (tertiary alicyclic amines) is 1. The van der Waals surface area contributed by atoms with Gasteiger partial charge in [0.25, 0.3) is 5.91 Å². The van der Waals surface area contributed by atoms with Crippen LogP contribution in [0.4, 0.5) is 0 Å². The van der Waals surface area contributed by atoms with E-state index in [2.05, 4.69) is 11.9 Å². The first-order valence-electron chi connectivity index (χ1n) is 6.92. The van der Waals surface area contributed by atoms with Gasteiger partial charge in [-0.3, -0.25) is 4.79 Å². The Hall–Kier alpha value is -0.360. The molecule has 0 bridgehead atoms. The Morgan fingerprint density at radius 3 is 2.47 bits per heavy atom. The van der Waals surface area contributed by atoms with Crippen molar-refractivity contribution in [2.24, 2.45) is 5.73 Å². The molecule has 112 valence electrons. The Bertz CT molecular complexity index is 296. The van der Waals surface area contributed by atoms with Gasteiger partial charge < -0.3 is 20.3 Å². The van der Waals surface area contributed by atoms with E-state index in [4.69, 9.17) is 10.5 Å². The Kier molecular flexibility index (Phi) is 6.53. The van der Waals surface area contributed by atoms with Crippen LogP contribution in [0.3, 0.4) is 0 Å². The molecule has 0 aromatic carbocycles. The van der Waals surface area contributed by atoms with Crippen LogP contribution >= 0.6 is 12.4 Å². The molecule has 2 fully saturated rings. The molecular weight excluding hydrogens is 266 g/mol. The van der Waals surface area contributed by atoms with Gasteiger partial charge in [-0.25, -0.2) is 0 Å². The summed E-state index contributed by atoms with van der Waals surface area (Å²) >= 11 is 0. The molecule has 2 aliphatic rings. The molecule has 6 heteroatoms. The lowest BCUT2D eigenvalue weighted by Crippen LogP contribution is -2.47. The first-order chi connectivity index (χ1) is 8.61. The van der Waals surface area contributed by atoms with E-state index in [-0.39, 0.29) is 30.5 Å². The summed E-state index contributed by atoms with van der Waals surface area (Å²) in [6.07, 6.45) is 3.66. The average molecular weight is 292 g/mol. The second-order valence-corrected chi connectivity index (χ2v) is 5.54. The van der Waals surface area contributed by atoms with Crippen molar-refractivity contribution in [3.8, 4) is 0 Å². The zero-order valence-electron chi connectivity index (χ0n) is 11.9. The highest BCUT2D eigenvalue weighted by molar-refractivity contribution is 5.85. The molecule has 2 N–H and O–H groups in total. The van der Waals surface area contributed by atoms with Crippen LogP contribution < -0.4 is 5.73 Å². The minimum absolute atomic E-state index is 0. The Balaban J connectivity index is 0.00000180. The molecule has 0 aliphatic carbocycles. The van der Waals surface area contributed by atoms with E-state index < -0.39 is 0 Å². The lowest BCUT2D eigenvalue weighted by atomic mass is 10.0. The third-order valence-electron chi connectivity index (χ3n) is 4.23. The molecule has 2 atom stereocenters. The molecule has 5 nitrogen and oxygen atoms in total. The number of carbonyl (C=O) groups is 1. The lowest BCUT2D eigenvalue weighted by molar-refractivity contribution is -0.144. The second-order valence-electron chi connectivity index (χ2n) is 5.54. The number of nitrogens with zero attached hydrogens (tertiary/aromatic N) is 2. The average Bonchev–Trinajstić information content (AvgIpc) is 2.86. The number of halogens is 1. The number of ether oxygens (including phenoxy) is 1. The number of likely N-dealkylation sites (N-methyl/N-ethyl adjacent to an activating group) is 1. The Morgan fingerprint density at radius 1 is 1.32 bits per heavy atom. The Morgan fingerprint density at radius 2 is 1.95 bits per heavy atom. The summed E-state index contributed by atoms with van der Waals surface area (Å²) in [5, 5.41) is 0. The maximum absolute atomic E-state index is 12.3. The molecule has 0 unspecified atom stereocenters. The molecule has 2 rings (SSSR count). The summed E-state index contributed by atoms with van der Waals surface area (Å²) in [5.74, 6) is 0.139. The molecule has 2 heterocycles. The van der Waals surface area contributed by atoms with E-state index in [1.54, 1.807) is 0 Å². The third kappa shape index (κ3) is 4.05. The molecule has 0 spiro atoms. The smallest absolute Gasteiger partial charge is 0.251 e. The highest BCUT2D eigenvalue weighted by Gasteiger charge is 2.34. The number of amides is 1. The fourth-order valence-corrected chi connectivity index (χ4v) is 2.85. The summed E-state index contributed by atoms with van der Waals surface area (Å²) < 4.78 is 5.68. The largest absolute Gasteiger partial charge is 0.364 e. The highest BCUT2D eigenvalue weighted by atomic mass is 35.5. The van der Waals surface area contributed by atoms with E-state index in [1.165, 1.54) is 0 Å². The van der Waals surface area contributed by atoms with E-state index in [1.807, 2.05) is 11.9 Å². The van der Waals surface area contributed by atoms with Crippen LogP contribution in [0.2, 0.25) is 0 Å². The summed E-state index contributed by atoms with van der Waals surface area (Å²) in [4.78, 5) is 16.5. The number of piperidine rings is 1. The minimum Gasteiger partial charge on any atom is -0.364 e. The number of carbonyl (C=O) groups excluding carboxylic acids is 1. The maximum atomic E-state index is 12.3. The van der Waals surface area contributed by atoms with Crippen molar-refractivity contribution in [2.75, 3.05) is 33.7 Å². The molecule has 2 saturated heterocycles. The van der Waals surface area contributed by atoms with Crippen molar-refractivity contribution in [3.63, 3.8) is 0 Å². The minimum atomic E-state index is -0.261. The lowest BCUT2D eigenvalue weighted by Gasteiger charge is -2.36. The van der Waals surface area contributed by atoms with Gasteiger partial charge in [-0.2, -0.15) is 0 Å². The van der Waals surface area contributed by atoms with Crippen molar-refractivity contribution in [2.45, 2.75) is 43.9 Å². The van der Waals surface area contributed by atoms with Crippen molar-refractivity contribution in [1.29, 1.82) is 0 Å². The second kappa shape index (κ2) is 7.43. The maximum Gasteiger partial charge on any atom is 0.251 e. The van der Waals surface area contributed by atoms with Crippen LogP contribution in [0.25, 0.3) is 0 Å². The monoisotopic (exact) mass is 291 g/mol. The molecule has 0 saturated carbocycles. The van der Waals surface area contributed by atoms with E-state index in [0.717, 1.165) is 38.8 Å². The fourth-order valence-electron chi connectivity index (χ4n) is 2.85. The Labute approximate surface area is 121 Å². The summed E-state index contributed by atoms with van der Waals surface area (Å²) in [5.41, 5.74) is 5.57. The predicted molar refractivity (Wildman–Crippen MR) is 77.5 cm³/mol. The molecule has 0 aromatic rings. The van der Waals surface area contributed by atoms with Crippen molar-refractivity contribution in [1.82, 2.24) is 9.80 Å². The van der Waals surface area contributed by atoms with Gasteiger partial charge in [-0.1, -0.05) is 0 Å². The quantitative estimate of drug-likeness (QED) is 0.821. The molecular formula is C13H26ClN3O2. The molecule has 2 aliphatic heterocycles. The first-order valence-corrected chi connectivity index (χ1v) is 6.92. The molecule has 0 radical (unpaired) electrons. The summed E-state index contributed by atoms with van der Waals surface area (Å²) in [6.45, 7) is 2.65. The third-order valence-corrected chi connectivity index (χ3v) is 4.23. The van der Waals surface area contributed by atoms with E-state index >= 15 is 0 Å². The van der Waals surface area contributed by atoms with Gasteiger partial charge >= 0.3 is 0 Å². The van der Waals surface area contributed by atoms with Crippen molar-refractivity contribution in [3.05, 3.63) is 0 Å². The van der Waals surface area contributed by atoms with Crippen LogP contribution in [0, 0.1) is 0 Å². The van der Waals surface area contributed by atoms with Gasteiger partial charge in [0.1, 0.15) is 6.10 Å². The zero-order valence-corrected chi connectivity index (χ0v) is 12.7. The van der Waals surface area contributed by atoms with Gasteiger partial charge in [0.15, 0.2) is 0 Å². The number of rotatable bonds is 3. The molecule has 1 amide bonds. The van der Waals surface area contributed by atoms with Gasteiger partial charge in [0.2, 0.25) is 0 Å². The van der Waals surface area contributed by atoms with Gasteiger partial charge in [-0.05, 0) is 45.8 Å². The number of nitrogens with two attached hydrogens (primary N) is 1. The topological polar surface area (TPSA) is 58.8 Å². The highest BCUT2D eigenvalue weighted by Crippen LogP contribution is 2.23. The van der Waals surface area contributed by atoms with Crippen molar-refractivity contribution >= 4 is 18.3 Å². The van der Waals surface area contributed by atoms with Crippen LogP contribution in [-0.4, -0.2) is 67.7 Å². The van der Waals surface area contributed by atoms with Crippen LogP contribution in [0.1, 0.15) is 25.7 Å². The SMILES string of the molecule is CN1CCC(N(C)C(=O)[C@@H]2CC[C@H](CN)O2)CC1.Cl. The van der Waals surface area contributed by atoms with Crippen LogP contribution in [0.5, 0.6) is 0 Å². The number of hydrogen-bond donors (Lipinski definition) is 1. The van der Waals surface area contributed by atoms with E-state index in [9.17, 15) is 4.79 Å². The molecule has 19 heavy (non-hydrogen) atoms. The summed E-state index contributed by atoms with van der Waals surface area (Å²) in [7, 11) is 4.04. The summed E-state index contributed by atoms with van der Waals surface area (Å²) in [6, 6.07) is 0.370. The first kappa shape index (κ1) is 16.7. The van der Waals surface area contributed by atoms with Gasteiger partial charge in [0.05, 0.1) is 6.10 Å². The van der Waals surface area contributed by atoms with Gasteiger partial charge in [-0.15, -0.1) is 12.4 Å². The van der Waals surface area contributed by atoms with Crippen molar-refractivity contribution < 1.29 is 9.53 Å². The standard InChI is InChI=1S/C13H25N3O2.ClH/c1-15-7-5-10(6-8-15)16(2)13(17)12-4-3-11(9-14)18-12;/h10-12H,3-9,14H2,1-2H3;1H/t11-,12+;/m1./s1. The normalized spacial score (nSPS) is 29.0. The van der Waals surface area contributed by atoms with Gasteiger partial charge in [0, 0.05) is 19.6 Å². The van der Waals surface area contributed by atoms with E-state index in [0.29, 0.717) is 12.6 Å².